The van der Waals surface area contributed by atoms with E-state index in [-0.39, 0.29) is 11.3 Å². The van der Waals surface area contributed by atoms with Crippen LogP contribution in [0.25, 0.3) is 0 Å². The highest BCUT2D eigenvalue weighted by Gasteiger charge is 2.17. The van der Waals surface area contributed by atoms with E-state index in [0.717, 1.165) is 0 Å². The summed E-state index contributed by atoms with van der Waals surface area (Å²) >= 11 is 0. The van der Waals surface area contributed by atoms with Gasteiger partial charge in [-0.05, 0) is 36.4 Å². The van der Waals surface area contributed by atoms with Crippen LogP contribution in [-0.2, 0) is 0 Å². The van der Waals surface area contributed by atoms with Gasteiger partial charge in [0.1, 0.15) is 5.82 Å². The monoisotopic (exact) mass is 288 g/mol. The van der Waals surface area contributed by atoms with Crippen molar-refractivity contribution in [3.63, 3.8) is 0 Å². The Labute approximate surface area is 120 Å². The second kappa shape index (κ2) is 6.04. The van der Waals surface area contributed by atoms with Crippen molar-refractivity contribution in [1.29, 1.82) is 0 Å². The number of urea groups is 1. The molecule has 0 heterocycles. The summed E-state index contributed by atoms with van der Waals surface area (Å²) in [5, 5.41) is 11.7. The minimum absolute atomic E-state index is 0.0225. The standard InChI is InChI=1S/C15H13FN2O3/c1-18(13-5-3-2-4-12(13)14(19)20)15(21)17-11-8-6-10(16)7-9-11/h2-9H,1H3,(H,17,21)(H,19,20). The van der Waals surface area contributed by atoms with Crippen LogP contribution in [0.4, 0.5) is 20.6 Å². The van der Waals surface area contributed by atoms with Crippen LogP contribution >= 0.6 is 0 Å². The number of halogens is 1. The number of hydrogen-bond donors (Lipinski definition) is 2. The van der Waals surface area contributed by atoms with E-state index >= 15 is 0 Å². The van der Waals surface area contributed by atoms with Gasteiger partial charge in [-0.3, -0.25) is 4.90 Å². The second-order valence-corrected chi connectivity index (χ2v) is 4.32. The molecule has 0 atom stereocenters. The van der Waals surface area contributed by atoms with Crippen LogP contribution in [-0.4, -0.2) is 24.2 Å². The number of carboxylic acid groups (broad SMARTS) is 1. The number of nitrogens with one attached hydrogen (secondary N) is 1. The molecule has 0 spiro atoms. The lowest BCUT2D eigenvalue weighted by Crippen LogP contribution is -2.32. The molecule has 0 saturated carbocycles. The maximum Gasteiger partial charge on any atom is 0.337 e. The van der Waals surface area contributed by atoms with Gasteiger partial charge in [0.15, 0.2) is 0 Å². The van der Waals surface area contributed by atoms with Gasteiger partial charge in [-0.1, -0.05) is 12.1 Å². The van der Waals surface area contributed by atoms with Crippen molar-refractivity contribution in [1.82, 2.24) is 0 Å². The van der Waals surface area contributed by atoms with Crippen molar-refractivity contribution in [3.05, 3.63) is 59.9 Å². The minimum Gasteiger partial charge on any atom is -0.478 e. The number of rotatable bonds is 3. The average molecular weight is 288 g/mol. The van der Waals surface area contributed by atoms with Crippen LogP contribution in [0.5, 0.6) is 0 Å². The molecule has 2 aromatic carbocycles. The smallest absolute Gasteiger partial charge is 0.337 e. The fourth-order valence-corrected chi connectivity index (χ4v) is 1.80. The summed E-state index contributed by atoms with van der Waals surface area (Å²) in [5.41, 5.74) is 0.708. The number of amides is 2. The van der Waals surface area contributed by atoms with Crippen molar-refractivity contribution in [2.75, 3.05) is 17.3 Å². The molecule has 2 rings (SSSR count). The highest BCUT2D eigenvalue weighted by atomic mass is 19.1. The molecule has 5 nitrogen and oxygen atoms in total. The van der Waals surface area contributed by atoms with E-state index in [1.54, 1.807) is 12.1 Å². The molecule has 0 unspecified atom stereocenters. The van der Waals surface area contributed by atoms with Gasteiger partial charge >= 0.3 is 12.0 Å². The molecule has 0 fully saturated rings. The largest absolute Gasteiger partial charge is 0.478 e. The first-order chi connectivity index (χ1) is 9.99. The van der Waals surface area contributed by atoms with Crippen molar-refractivity contribution >= 4 is 23.4 Å². The Bertz CT molecular complexity index is 671. The second-order valence-electron chi connectivity index (χ2n) is 4.32. The van der Waals surface area contributed by atoms with Gasteiger partial charge < -0.3 is 10.4 Å². The van der Waals surface area contributed by atoms with E-state index in [1.807, 2.05) is 0 Å². The third kappa shape index (κ3) is 3.36. The fraction of sp³-hybridized carbons (Fsp3) is 0.0667. The number of anilines is 2. The molecule has 0 aromatic heterocycles. The molecule has 0 aliphatic rings. The quantitative estimate of drug-likeness (QED) is 0.911. The van der Waals surface area contributed by atoms with Crippen LogP contribution in [0.2, 0.25) is 0 Å². The third-order valence-corrected chi connectivity index (χ3v) is 2.90. The van der Waals surface area contributed by atoms with Crippen molar-refractivity contribution in [3.8, 4) is 0 Å². The van der Waals surface area contributed by atoms with Crippen LogP contribution in [0.3, 0.4) is 0 Å². The Morgan fingerprint density at radius 2 is 1.71 bits per heavy atom. The van der Waals surface area contributed by atoms with E-state index in [0.29, 0.717) is 5.69 Å². The Balaban J connectivity index is 2.20. The SMILES string of the molecule is CN(C(=O)Nc1ccc(F)cc1)c1ccccc1C(=O)O. The van der Waals surface area contributed by atoms with Gasteiger partial charge in [-0.25, -0.2) is 14.0 Å². The summed E-state index contributed by atoms with van der Waals surface area (Å²) in [4.78, 5) is 24.4. The predicted octanol–water partition coefficient (Wildman–Crippen LogP) is 3.19. The van der Waals surface area contributed by atoms with E-state index in [1.165, 1.54) is 48.3 Å². The molecule has 108 valence electrons. The fourth-order valence-electron chi connectivity index (χ4n) is 1.80. The molecule has 2 aromatic rings. The third-order valence-electron chi connectivity index (χ3n) is 2.90. The summed E-state index contributed by atoms with van der Waals surface area (Å²) in [6.07, 6.45) is 0. The van der Waals surface area contributed by atoms with Gasteiger partial charge in [0, 0.05) is 12.7 Å². The molecular formula is C15H13FN2O3. The zero-order valence-corrected chi connectivity index (χ0v) is 11.2. The van der Waals surface area contributed by atoms with E-state index < -0.39 is 17.8 Å². The van der Waals surface area contributed by atoms with E-state index in [4.69, 9.17) is 5.11 Å². The van der Waals surface area contributed by atoms with Gasteiger partial charge in [0.05, 0.1) is 11.3 Å². The molecule has 21 heavy (non-hydrogen) atoms. The van der Waals surface area contributed by atoms with Crippen LogP contribution in [0.15, 0.2) is 48.5 Å². The van der Waals surface area contributed by atoms with E-state index in [2.05, 4.69) is 5.32 Å². The number of carboxylic acids is 1. The van der Waals surface area contributed by atoms with Crippen LogP contribution in [0, 0.1) is 5.82 Å². The summed E-state index contributed by atoms with van der Waals surface area (Å²) in [5.74, 6) is -1.52. The molecule has 0 aliphatic heterocycles. The number of carbonyl (C=O) groups is 2. The summed E-state index contributed by atoms with van der Waals surface area (Å²) in [6.45, 7) is 0. The predicted molar refractivity (Wildman–Crippen MR) is 77.2 cm³/mol. The summed E-state index contributed by atoms with van der Waals surface area (Å²) < 4.78 is 12.8. The number of carbonyl (C=O) groups excluding carboxylic acids is 1. The summed E-state index contributed by atoms with van der Waals surface area (Å²) in [6, 6.07) is 10.9. The number of aromatic carboxylic acids is 1. The maximum atomic E-state index is 12.8. The Hall–Kier alpha value is -2.89. The van der Waals surface area contributed by atoms with Gasteiger partial charge in [0.2, 0.25) is 0 Å². The lowest BCUT2D eigenvalue weighted by atomic mass is 10.1. The first-order valence-electron chi connectivity index (χ1n) is 6.11. The zero-order chi connectivity index (χ0) is 15.4. The van der Waals surface area contributed by atoms with Crippen LogP contribution in [0.1, 0.15) is 10.4 Å². The molecular weight excluding hydrogens is 275 g/mol. The number of benzene rings is 2. The van der Waals surface area contributed by atoms with Crippen molar-refractivity contribution in [2.24, 2.45) is 0 Å². The Morgan fingerprint density at radius 1 is 1.10 bits per heavy atom. The average Bonchev–Trinajstić information content (AvgIpc) is 2.48. The maximum absolute atomic E-state index is 12.8. The molecule has 2 amide bonds. The molecule has 2 N–H and O–H groups in total. The van der Waals surface area contributed by atoms with Gasteiger partial charge in [-0.2, -0.15) is 0 Å². The first kappa shape index (κ1) is 14.5. The normalized spacial score (nSPS) is 10.0. The Morgan fingerprint density at radius 3 is 2.33 bits per heavy atom. The first-order valence-corrected chi connectivity index (χ1v) is 6.11. The van der Waals surface area contributed by atoms with Crippen molar-refractivity contribution in [2.45, 2.75) is 0 Å². The molecule has 0 bridgehead atoms. The van der Waals surface area contributed by atoms with Crippen molar-refractivity contribution < 1.29 is 19.1 Å². The summed E-state index contributed by atoms with van der Waals surface area (Å²) in [7, 11) is 1.46. The highest BCUT2D eigenvalue weighted by molar-refractivity contribution is 6.05. The lowest BCUT2D eigenvalue weighted by molar-refractivity contribution is 0.0697. The highest BCUT2D eigenvalue weighted by Crippen LogP contribution is 2.20. The molecule has 0 aliphatic carbocycles. The number of para-hydroxylation sites is 1. The van der Waals surface area contributed by atoms with Gasteiger partial charge in [-0.15, -0.1) is 0 Å². The van der Waals surface area contributed by atoms with Crippen LogP contribution < -0.4 is 10.2 Å². The Kier molecular flexibility index (Phi) is 4.18. The van der Waals surface area contributed by atoms with Gasteiger partial charge in [0.25, 0.3) is 0 Å². The lowest BCUT2D eigenvalue weighted by Gasteiger charge is -2.19. The zero-order valence-electron chi connectivity index (χ0n) is 11.2. The van der Waals surface area contributed by atoms with E-state index in [9.17, 15) is 14.0 Å². The minimum atomic E-state index is -1.12. The number of nitrogens with zero attached hydrogens (tertiary/aromatic N) is 1. The number of hydrogen-bond acceptors (Lipinski definition) is 2. The molecule has 0 saturated heterocycles. The topological polar surface area (TPSA) is 69.6 Å². The molecule has 6 heteroatoms. The molecule has 0 radical (unpaired) electrons.